The summed E-state index contributed by atoms with van der Waals surface area (Å²) in [5.41, 5.74) is 0.355. The van der Waals surface area contributed by atoms with Crippen molar-refractivity contribution in [3.8, 4) is 77.3 Å². The van der Waals surface area contributed by atoms with Gasteiger partial charge in [0.25, 0.3) is 0 Å². The van der Waals surface area contributed by atoms with Crippen molar-refractivity contribution in [2.24, 2.45) is 0 Å². The van der Waals surface area contributed by atoms with Gasteiger partial charge in [-0.05, 0) is 18.2 Å². The molecule has 0 bridgehead atoms. The fourth-order valence-electron chi connectivity index (χ4n) is 4.34. The predicted molar refractivity (Wildman–Crippen MR) is 144 cm³/mol. The van der Waals surface area contributed by atoms with Crippen molar-refractivity contribution in [2.75, 3.05) is 33.0 Å². The lowest BCUT2D eigenvalue weighted by Crippen LogP contribution is -2.28. The average Bonchev–Trinajstić information content (AvgIpc) is 3.65. The van der Waals surface area contributed by atoms with Crippen LogP contribution in [0, 0.1) is 11.8 Å². The van der Waals surface area contributed by atoms with Crippen molar-refractivity contribution in [2.45, 2.75) is 12.5 Å². The Bertz CT molecular complexity index is 1590. The Labute approximate surface area is 229 Å². The van der Waals surface area contributed by atoms with Gasteiger partial charge in [0, 0.05) is 17.2 Å². The van der Waals surface area contributed by atoms with Gasteiger partial charge in [0.1, 0.15) is 50.6 Å². The zero-order valence-corrected chi connectivity index (χ0v) is 22.2. The quantitative estimate of drug-likeness (QED) is 0.239. The van der Waals surface area contributed by atoms with E-state index in [4.69, 9.17) is 28.4 Å². The molecule has 0 spiro atoms. The van der Waals surface area contributed by atoms with Crippen molar-refractivity contribution >= 4 is 34.0 Å². The Morgan fingerprint density at radius 3 is 2.13 bits per heavy atom. The number of ether oxygens (including phenoxy) is 6. The zero-order valence-electron chi connectivity index (χ0n) is 19.8. The first-order chi connectivity index (χ1) is 18.7. The Morgan fingerprint density at radius 1 is 0.763 bits per heavy atom. The third-order valence-corrected chi connectivity index (χ3v) is 9.43. The maximum Gasteiger partial charge on any atom is 0.182 e. The molecule has 194 valence electrons. The summed E-state index contributed by atoms with van der Waals surface area (Å²) < 4.78 is 36.3. The maximum atomic E-state index is 10.0. The Kier molecular flexibility index (Phi) is 5.88. The molecule has 7 rings (SSSR count). The third kappa shape index (κ3) is 4.05. The van der Waals surface area contributed by atoms with E-state index in [0.29, 0.717) is 56.5 Å². The van der Waals surface area contributed by atoms with E-state index in [2.05, 4.69) is 11.8 Å². The van der Waals surface area contributed by atoms with E-state index in [1.165, 1.54) is 18.2 Å². The maximum absolute atomic E-state index is 10.0. The first kappa shape index (κ1) is 23.4. The van der Waals surface area contributed by atoms with Crippen molar-refractivity contribution in [1.29, 1.82) is 0 Å². The topological polar surface area (TPSA) is 95.8 Å². The molecular formula is C27H20O8S3. The summed E-state index contributed by atoms with van der Waals surface area (Å²) >= 11 is 4.66. The fraction of sp³-hybridized carbons (Fsp3) is 0.259. The summed E-state index contributed by atoms with van der Waals surface area (Å²) in [6.07, 6.45) is 0.0348. The van der Waals surface area contributed by atoms with E-state index < -0.39 is 0 Å². The van der Waals surface area contributed by atoms with Gasteiger partial charge in [0.2, 0.25) is 0 Å². The number of phenols is 2. The van der Waals surface area contributed by atoms with Gasteiger partial charge in [-0.1, -0.05) is 11.8 Å². The summed E-state index contributed by atoms with van der Waals surface area (Å²) in [6, 6.07) is 4.25. The normalized spacial score (nSPS) is 17.0. The molecule has 3 aliphatic heterocycles. The molecule has 3 aliphatic rings. The largest absolute Gasteiger partial charge is 0.508 e. The van der Waals surface area contributed by atoms with Crippen LogP contribution in [-0.4, -0.2) is 49.4 Å². The summed E-state index contributed by atoms with van der Waals surface area (Å²) in [6.45, 7) is 2.33. The Hall–Kier alpha value is -3.72. The van der Waals surface area contributed by atoms with Crippen molar-refractivity contribution < 1.29 is 38.6 Å². The monoisotopic (exact) mass is 568 g/mol. The van der Waals surface area contributed by atoms with Crippen LogP contribution in [0.3, 0.4) is 0 Å². The summed E-state index contributed by atoms with van der Waals surface area (Å²) in [5.74, 6) is 10.2. The van der Waals surface area contributed by atoms with Gasteiger partial charge >= 0.3 is 0 Å². The number of fused-ring (bicyclic) bond motifs is 3. The highest BCUT2D eigenvalue weighted by Gasteiger charge is 2.35. The van der Waals surface area contributed by atoms with Gasteiger partial charge in [0.15, 0.2) is 34.5 Å². The van der Waals surface area contributed by atoms with Crippen LogP contribution in [0.2, 0.25) is 0 Å². The van der Waals surface area contributed by atoms with Gasteiger partial charge in [-0.25, -0.2) is 0 Å². The van der Waals surface area contributed by atoms with Crippen LogP contribution in [0.15, 0.2) is 29.0 Å². The third-order valence-electron chi connectivity index (χ3n) is 6.07. The lowest BCUT2D eigenvalue weighted by atomic mass is 10.1. The highest BCUT2D eigenvalue weighted by Crippen LogP contribution is 2.61. The average molecular weight is 569 g/mol. The highest BCUT2D eigenvalue weighted by molar-refractivity contribution is 7.27. The smallest absolute Gasteiger partial charge is 0.182 e. The number of phenolic OH excluding ortho intramolecular Hbond substituents is 2. The molecule has 0 saturated carbocycles. The molecule has 1 aromatic carbocycles. The van der Waals surface area contributed by atoms with Crippen LogP contribution in [0.5, 0.6) is 46.0 Å². The number of benzene rings is 1. The molecule has 38 heavy (non-hydrogen) atoms. The molecule has 1 atom stereocenters. The SMILES string of the molecule is Oc1ccc(O)c(C#CCC2COc3c(-c4scc5c4OCCO5)sc(-c4scc5c4OCCO5)c3O2)c1. The number of rotatable bonds is 3. The molecule has 2 N–H and O–H groups in total. The van der Waals surface area contributed by atoms with Crippen LogP contribution in [0.4, 0.5) is 0 Å². The molecule has 0 radical (unpaired) electrons. The van der Waals surface area contributed by atoms with E-state index in [1.807, 2.05) is 10.8 Å². The van der Waals surface area contributed by atoms with Crippen LogP contribution in [0.25, 0.3) is 19.5 Å². The summed E-state index contributed by atoms with van der Waals surface area (Å²) in [5, 5.41) is 23.6. The van der Waals surface area contributed by atoms with Crippen molar-refractivity contribution in [3.05, 3.63) is 34.5 Å². The van der Waals surface area contributed by atoms with E-state index in [9.17, 15) is 10.2 Å². The number of aromatic hydroxyl groups is 2. The molecule has 6 heterocycles. The highest BCUT2D eigenvalue weighted by atomic mass is 32.1. The number of thiophene rings is 3. The van der Waals surface area contributed by atoms with Gasteiger partial charge in [0.05, 0.1) is 25.1 Å². The van der Waals surface area contributed by atoms with E-state index >= 15 is 0 Å². The van der Waals surface area contributed by atoms with Gasteiger partial charge < -0.3 is 38.6 Å². The second-order valence-corrected chi connectivity index (χ2v) is 11.4. The second-order valence-electron chi connectivity index (χ2n) is 8.59. The lowest BCUT2D eigenvalue weighted by Gasteiger charge is -2.25. The van der Waals surface area contributed by atoms with Crippen molar-refractivity contribution in [3.63, 3.8) is 0 Å². The molecular weight excluding hydrogens is 548 g/mol. The standard InChI is InChI=1S/C27H20O8S3/c28-15-4-5-17(29)14(10-15)2-1-3-16-11-34-22-23(35-16)27(25-21-19(13-37-25)31-7-9-33-21)38-26(22)24-20-18(12-36-24)30-6-8-32-20/h4-5,10,12-13,16,28-29H,3,6-9,11H2. The molecule has 3 aromatic heterocycles. The first-order valence-electron chi connectivity index (χ1n) is 11.9. The second kappa shape index (κ2) is 9.54. The number of hydrogen-bond donors (Lipinski definition) is 2. The molecule has 0 amide bonds. The van der Waals surface area contributed by atoms with E-state index in [0.717, 1.165) is 42.5 Å². The van der Waals surface area contributed by atoms with Gasteiger partial charge in [-0.15, -0.1) is 34.0 Å². The van der Waals surface area contributed by atoms with Gasteiger partial charge in [-0.2, -0.15) is 0 Å². The first-order valence-corrected chi connectivity index (χ1v) is 14.5. The molecule has 1 unspecified atom stereocenters. The Morgan fingerprint density at radius 2 is 1.42 bits per heavy atom. The van der Waals surface area contributed by atoms with Crippen LogP contribution in [-0.2, 0) is 0 Å². The minimum Gasteiger partial charge on any atom is -0.508 e. The predicted octanol–water partition coefficient (Wildman–Crippen LogP) is 5.74. The van der Waals surface area contributed by atoms with Crippen LogP contribution in [0.1, 0.15) is 12.0 Å². The fourth-order valence-corrected chi connectivity index (χ4v) is 7.66. The lowest BCUT2D eigenvalue weighted by molar-refractivity contribution is 0.0971. The molecule has 4 aromatic rings. The van der Waals surface area contributed by atoms with E-state index in [1.54, 1.807) is 34.0 Å². The number of hydrogen-bond acceptors (Lipinski definition) is 11. The minimum absolute atomic E-state index is 0.0123. The van der Waals surface area contributed by atoms with Crippen molar-refractivity contribution in [1.82, 2.24) is 0 Å². The van der Waals surface area contributed by atoms with Crippen LogP contribution < -0.4 is 28.4 Å². The van der Waals surface area contributed by atoms with Crippen LogP contribution >= 0.6 is 34.0 Å². The molecule has 0 saturated heterocycles. The van der Waals surface area contributed by atoms with Gasteiger partial charge in [-0.3, -0.25) is 0 Å². The summed E-state index contributed by atoms with van der Waals surface area (Å²) in [7, 11) is 0. The summed E-state index contributed by atoms with van der Waals surface area (Å²) in [4.78, 5) is 3.68. The van der Waals surface area contributed by atoms with E-state index in [-0.39, 0.29) is 17.6 Å². The molecule has 11 heteroatoms. The molecule has 8 nitrogen and oxygen atoms in total. The zero-order chi connectivity index (χ0) is 25.6. The molecule has 0 fully saturated rings. The minimum atomic E-state index is -0.333. The Balaban J connectivity index is 1.25. The molecule has 0 aliphatic carbocycles.